The van der Waals surface area contributed by atoms with Crippen LogP contribution in [-0.4, -0.2) is 59.9 Å². The highest BCUT2D eigenvalue weighted by atomic mass is 16.5. The van der Waals surface area contributed by atoms with Gasteiger partial charge in [0.1, 0.15) is 5.92 Å². The Hall–Kier alpha value is -2.54. The van der Waals surface area contributed by atoms with Crippen LogP contribution in [0.25, 0.3) is 5.53 Å². The third-order valence-electron chi connectivity index (χ3n) is 2.62. The minimum absolute atomic E-state index is 0.0759. The normalized spacial score (nSPS) is 17.7. The van der Waals surface area contributed by atoms with Gasteiger partial charge in [-0.25, -0.2) is 4.79 Å². The Morgan fingerprint density at radius 2 is 1.95 bits per heavy atom. The van der Waals surface area contributed by atoms with E-state index in [4.69, 9.17) is 5.53 Å². The summed E-state index contributed by atoms with van der Waals surface area (Å²) in [5, 5.41) is 0. The van der Waals surface area contributed by atoms with Crippen molar-refractivity contribution < 1.29 is 33.4 Å². The van der Waals surface area contributed by atoms with Crippen molar-refractivity contribution in [2.24, 2.45) is 5.92 Å². The summed E-state index contributed by atoms with van der Waals surface area (Å²) in [4.78, 5) is 49.2. The molecule has 102 valence electrons. The number of esters is 2. The standard InChI is InChI=1S/C10H11N3O6/c1-18-9(16)5-3-4-13(7(5)14)8(15)6(12-11)10(17)19-2/h5H,3-4H2,1-2H3. The summed E-state index contributed by atoms with van der Waals surface area (Å²) in [7, 11) is 2.11. The summed E-state index contributed by atoms with van der Waals surface area (Å²) in [5.41, 5.74) is 7.67. The molecule has 1 fully saturated rings. The predicted molar refractivity (Wildman–Crippen MR) is 57.5 cm³/mol. The van der Waals surface area contributed by atoms with E-state index < -0.39 is 35.4 Å². The van der Waals surface area contributed by atoms with E-state index in [0.717, 1.165) is 14.2 Å². The van der Waals surface area contributed by atoms with Crippen molar-refractivity contribution in [3.05, 3.63) is 5.53 Å². The van der Waals surface area contributed by atoms with Crippen LogP contribution in [0.2, 0.25) is 0 Å². The summed E-state index contributed by atoms with van der Waals surface area (Å²) in [5.74, 6) is -4.96. The van der Waals surface area contributed by atoms with E-state index in [0.29, 0.717) is 4.90 Å². The van der Waals surface area contributed by atoms with E-state index in [9.17, 15) is 19.2 Å². The zero-order valence-electron chi connectivity index (χ0n) is 10.3. The van der Waals surface area contributed by atoms with Gasteiger partial charge in [0.15, 0.2) is 0 Å². The monoisotopic (exact) mass is 269 g/mol. The van der Waals surface area contributed by atoms with Gasteiger partial charge in [0.05, 0.1) is 14.2 Å². The first-order chi connectivity index (χ1) is 8.97. The molecular weight excluding hydrogens is 258 g/mol. The van der Waals surface area contributed by atoms with Gasteiger partial charge in [-0.15, -0.1) is 0 Å². The van der Waals surface area contributed by atoms with Crippen LogP contribution in [-0.2, 0) is 28.7 Å². The van der Waals surface area contributed by atoms with Crippen molar-refractivity contribution >= 4 is 29.5 Å². The molecule has 2 amide bonds. The maximum Gasteiger partial charge on any atom is 0.463 e. The quantitative estimate of drug-likeness (QED) is 0.199. The molecular formula is C10H11N3O6. The lowest BCUT2D eigenvalue weighted by Crippen LogP contribution is -2.43. The average molecular weight is 269 g/mol. The molecule has 0 saturated carbocycles. The second-order valence-corrected chi connectivity index (χ2v) is 3.60. The number of carbonyl (C=O) groups is 4. The van der Waals surface area contributed by atoms with Crippen LogP contribution in [0.15, 0.2) is 0 Å². The Labute approximate surface area is 107 Å². The first kappa shape index (κ1) is 14.5. The van der Waals surface area contributed by atoms with Gasteiger partial charge in [0.25, 0.3) is 0 Å². The Kier molecular flexibility index (Phi) is 4.49. The van der Waals surface area contributed by atoms with Crippen LogP contribution < -0.4 is 0 Å². The van der Waals surface area contributed by atoms with Crippen molar-refractivity contribution in [3.8, 4) is 0 Å². The molecule has 1 unspecified atom stereocenters. The molecule has 0 N–H and O–H groups in total. The van der Waals surface area contributed by atoms with Crippen LogP contribution >= 0.6 is 0 Å². The Morgan fingerprint density at radius 3 is 2.42 bits per heavy atom. The molecule has 0 radical (unpaired) electrons. The van der Waals surface area contributed by atoms with Crippen LogP contribution in [0.5, 0.6) is 0 Å². The first-order valence-corrected chi connectivity index (χ1v) is 5.21. The van der Waals surface area contributed by atoms with Gasteiger partial charge >= 0.3 is 23.6 Å². The van der Waals surface area contributed by atoms with Crippen molar-refractivity contribution in [2.75, 3.05) is 20.8 Å². The Balaban J connectivity index is 2.92. The smallest absolute Gasteiger partial charge is 0.463 e. The SMILES string of the molecule is COC(=O)C(=[N+]=[N-])C(=O)N1CCC(C(=O)OC)C1=O. The molecule has 9 nitrogen and oxygen atoms in total. The number of imide groups is 1. The number of hydrogen-bond acceptors (Lipinski definition) is 6. The largest absolute Gasteiger partial charge is 0.468 e. The molecule has 0 spiro atoms. The van der Waals surface area contributed by atoms with Crippen LogP contribution in [0.3, 0.4) is 0 Å². The molecule has 9 heteroatoms. The van der Waals surface area contributed by atoms with Crippen molar-refractivity contribution in [3.63, 3.8) is 0 Å². The van der Waals surface area contributed by atoms with E-state index in [1.807, 2.05) is 0 Å². The molecule has 1 atom stereocenters. The summed E-state index contributed by atoms with van der Waals surface area (Å²) in [6.07, 6.45) is 0.0805. The second kappa shape index (κ2) is 5.87. The van der Waals surface area contributed by atoms with Crippen molar-refractivity contribution in [2.45, 2.75) is 6.42 Å². The number of amides is 2. The fraction of sp³-hybridized carbons (Fsp3) is 0.500. The fourth-order valence-corrected chi connectivity index (χ4v) is 1.64. The van der Waals surface area contributed by atoms with E-state index >= 15 is 0 Å². The Bertz CT molecular complexity index is 493. The molecule has 1 aliphatic heterocycles. The van der Waals surface area contributed by atoms with Gasteiger partial charge < -0.3 is 15.0 Å². The van der Waals surface area contributed by atoms with Gasteiger partial charge in [0, 0.05) is 6.54 Å². The van der Waals surface area contributed by atoms with Crippen molar-refractivity contribution in [1.29, 1.82) is 0 Å². The van der Waals surface area contributed by atoms with Gasteiger partial charge in [-0.05, 0) is 6.42 Å². The van der Waals surface area contributed by atoms with Crippen LogP contribution in [0, 0.1) is 5.92 Å². The lowest BCUT2D eigenvalue weighted by Gasteiger charge is -2.10. The number of hydrogen-bond donors (Lipinski definition) is 0. The average Bonchev–Trinajstić information content (AvgIpc) is 2.80. The molecule has 0 aromatic heterocycles. The maximum absolute atomic E-state index is 11.8. The topological polar surface area (TPSA) is 126 Å². The number of carbonyl (C=O) groups excluding carboxylic acids is 4. The molecule has 19 heavy (non-hydrogen) atoms. The van der Waals surface area contributed by atoms with Crippen LogP contribution in [0.4, 0.5) is 0 Å². The summed E-state index contributed by atoms with van der Waals surface area (Å²) < 4.78 is 8.65. The summed E-state index contributed by atoms with van der Waals surface area (Å²) >= 11 is 0. The minimum atomic E-state index is -1.18. The molecule has 1 saturated heterocycles. The number of likely N-dealkylation sites (tertiary alicyclic amines) is 1. The van der Waals surface area contributed by atoms with Gasteiger partial charge in [0.2, 0.25) is 5.91 Å². The summed E-state index contributed by atoms with van der Waals surface area (Å²) in [6.45, 7) is -0.0759. The molecule has 1 rings (SSSR count). The van der Waals surface area contributed by atoms with E-state index in [1.165, 1.54) is 0 Å². The fourth-order valence-electron chi connectivity index (χ4n) is 1.64. The molecule has 0 aromatic rings. The van der Waals surface area contributed by atoms with Gasteiger partial charge in [-0.1, -0.05) is 0 Å². The maximum atomic E-state index is 11.8. The van der Waals surface area contributed by atoms with Gasteiger partial charge in [-0.3, -0.25) is 19.3 Å². The number of ether oxygens (including phenoxy) is 2. The zero-order chi connectivity index (χ0) is 14.6. The van der Waals surface area contributed by atoms with E-state index in [2.05, 4.69) is 14.3 Å². The van der Waals surface area contributed by atoms with E-state index in [-0.39, 0.29) is 13.0 Å². The van der Waals surface area contributed by atoms with E-state index in [1.54, 1.807) is 0 Å². The van der Waals surface area contributed by atoms with Crippen LogP contribution in [0.1, 0.15) is 6.42 Å². The third-order valence-corrected chi connectivity index (χ3v) is 2.62. The second-order valence-electron chi connectivity index (χ2n) is 3.60. The van der Waals surface area contributed by atoms with Crippen molar-refractivity contribution in [1.82, 2.24) is 4.90 Å². The predicted octanol–water partition coefficient (Wildman–Crippen LogP) is -1.62. The molecule has 1 heterocycles. The Morgan fingerprint density at radius 1 is 1.32 bits per heavy atom. The zero-order valence-corrected chi connectivity index (χ0v) is 10.3. The number of rotatable bonds is 3. The number of methoxy groups -OCH3 is 2. The summed E-state index contributed by atoms with van der Waals surface area (Å²) in [6, 6.07) is 0. The number of nitrogens with zero attached hydrogens (tertiary/aromatic N) is 3. The highest BCUT2D eigenvalue weighted by Crippen LogP contribution is 2.19. The minimum Gasteiger partial charge on any atom is -0.468 e. The highest BCUT2D eigenvalue weighted by molar-refractivity contribution is 6.62. The lowest BCUT2D eigenvalue weighted by atomic mass is 10.1. The van der Waals surface area contributed by atoms with Gasteiger partial charge in [-0.2, -0.15) is 4.79 Å². The third kappa shape index (κ3) is 2.66. The molecule has 0 aliphatic carbocycles. The lowest BCUT2D eigenvalue weighted by molar-refractivity contribution is -0.152. The molecule has 0 bridgehead atoms. The first-order valence-electron chi connectivity index (χ1n) is 5.21. The molecule has 1 aliphatic rings. The molecule has 0 aromatic carbocycles. The highest BCUT2D eigenvalue weighted by Gasteiger charge is 2.46.